The molecule has 0 spiro atoms. The molecule has 1 fully saturated rings. The number of carbonyl (C=O) groups is 3. The molecule has 11 heteroatoms. The number of hydrogen-bond donors (Lipinski definition) is 1. The van der Waals surface area contributed by atoms with Crippen LogP contribution in [-0.4, -0.2) is 48.5 Å². The van der Waals surface area contributed by atoms with Gasteiger partial charge < -0.3 is 10.1 Å². The molecule has 160 valence electrons. The van der Waals surface area contributed by atoms with E-state index in [4.69, 9.17) is 27.9 Å². The summed E-state index contributed by atoms with van der Waals surface area (Å²) in [5, 5.41) is 12.5. The van der Waals surface area contributed by atoms with Gasteiger partial charge in [0.15, 0.2) is 12.1 Å². The summed E-state index contributed by atoms with van der Waals surface area (Å²) in [5.74, 6) is -1.09. The van der Waals surface area contributed by atoms with Gasteiger partial charge in [0.05, 0.1) is 18.5 Å². The molecule has 0 bridgehead atoms. The van der Waals surface area contributed by atoms with Crippen LogP contribution >= 0.6 is 23.2 Å². The summed E-state index contributed by atoms with van der Waals surface area (Å²) in [4.78, 5) is 39.4. The molecule has 4 rings (SSSR count). The van der Waals surface area contributed by atoms with Crippen molar-refractivity contribution in [2.45, 2.75) is 19.0 Å². The fraction of sp³-hybridized carbons (Fsp3) is 0.250. The van der Waals surface area contributed by atoms with Crippen molar-refractivity contribution < 1.29 is 19.1 Å². The van der Waals surface area contributed by atoms with Crippen LogP contribution in [0.25, 0.3) is 0 Å². The van der Waals surface area contributed by atoms with Gasteiger partial charge in [-0.2, -0.15) is 5.11 Å². The summed E-state index contributed by atoms with van der Waals surface area (Å²) in [6, 6.07) is 7.68. The van der Waals surface area contributed by atoms with Gasteiger partial charge in [-0.3, -0.25) is 19.4 Å². The number of amides is 3. The van der Waals surface area contributed by atoms with Crippen molar-refractivity contribution in [2.24, 2.45) is 10.3 Å². The first-order chi connectivity index (χ1) is 14.8. The third-order valence-electron chi connectivity index (χ3n) is 5.01. The molecule has 2 aliphatic rings. The molecule has 9 nitrogen and oxygen atoms in total. The van der Waals surface area contributed by atoms with Crippen LogP contribution in [0, 0.1) is 6.92 Å². The van der Waals surface area contributed by atoms with Gasteiger partial charge >= 0.3 is 0 Å². The summed E-state index contributed by atoms with van der Waals surface area (Å²) in [6.45, 7) is 1.53. The molecule has 0 radical (unpaired) electrons. The smallest absolute Gasteiger partial charge is 0.263 e. The van der Waals surface area contributed by atoms with Crippen LogP contribution < -0.4 is 15.0 Å². The molecule has 1 N–H and O–H groups in total. The minimum Gasteiger partial charge on any atom is -0.495 e. The zero-order valence-electron chi connectivity index (χ0n) is 16.5. The molecule has 0 saturated carbocycles. The predicted octanol–water partition coefficient (Wildman–Crippen LogP) is 3.24. The topological polar surface area (TPSA) is 104 Å². The number of rotatable bonds is 5. The number of nitrogens with one attached hydrogen (secondary N) is 1. The van der Waals surface area contributed by atoms with Gasteiger partial charge in [-0.15, -0.1) is 0 Å². The lowest BCUT2D eigenvalue weighted by atomic mass is 10.1. The highest BCUT2D eigenvalue weighted by Gasteiger charge is 2.55. The summed E-state index contributed by atoms with van der Waals surface area (Å²) in [7, 11) is 1.47. The maximum atomic E-state index is 13.0. The first-order valence-electron chi connectivity index (χ1n) is 9.25. The first-order valence-corrected chi connectivity index (χ1v) is 10.0. The van der Waals surface area contributed by atoms with E-state index in [0.717, 1.165) is 10.5 Å². The largest absolute Gasteiger partial charge is 0.495 e. The van der Waals surface area contributed by atoms with Crippen molar-refractivity contribution in [1.29, 1.82) is 0 Å². The second-order valence-electron chi connectivity index (χ2n) is 7.03. The van der Waals surface area contributed by atoms with Crippen LogP contribution in [0.3, 0.4) is 0 Å². The van der Waals surface area contributed by atoms with Crippen molar-refractivity contribution in [3.8, 4) is 5.75 Å². The molecule has 0 aromatic heterocycles. The van der Waals surface area contributed by atoms with Crippen molar-refractivity contribution in [1.82, 2.24) is 5.01 Å². The number of carbonyl (C=O) groups excluding carboxylic acids is 3. The monoisotopic (exact) mass is 461 g/mol. The zero-order valence-corrected chi connectivity index (χ0v) is 18.0. The molecule has 2 heterocycles. The van der Waals surface area contributed by atoms with Crippen molar-refractivity contribution >= 4 is 52.3 Å². The Morgan fingerprint density at radius 3 is 2.65 bits per heavy atom. The molecular weight excluding hydrogens is 445 g/mol. The van der Waals surface area contributed by atoms with Crippen molar-refractivity contribution in [3.05, 3.63) is 52.0 Å². The van der Waals surface area contributed by atoms with Gasteiger partial charge in [0.2, 0.25) is 5.91 Å². The van der Waals surface area contributed by atoms with E-state index in [1.807, 2.05) is 6.92 Å². The number of imide groups is 1. The molecule has 3 amide bonds. The number of hydrogen-bond acceptors (Lipinski definition) is 7. The van der Waals surface area contributed by atoms with E-state index in [0.29, 0.717) is 27.2 Å². The number of ether oxygens (including phenoxy) is 1. The lowest BCUT2D eigenvalue weighted by molar-refractivity contribution is -0.123. The van der Waals surface area contributed by atoms with E-state index < -0.39 is 29.8 Å². The lowest BCUT2D eigenvalue weighted by Crippen LogP contribution is -2.43. The maximum absolute atomic E-state index is 13.0. The third-order valence-corrected chi connectivity index (χ3v) is 5.66. The second kappa shape index (κ2) is 8.16. The predicted molar refractivity (Wildman–Crippen MR) is 114 cm³/mol. The molecule has 2 aromatic rings. The summed E-state index contributed by atoms with van der Waals surface area (Å²) >= 11 is 12.1. The number of anilines is 2. The van der Waals surface area contributed by atoms with Crippen LogP contribution in [0.1, 0.15) is 5.56 Å². The average molecular weight is 462 g/mol. The lowest BCUT2D eigenvalue weighted by Gasteiger charge is -2.20. The maximum Gasteiger partial charge on any atom is 0.263 e. The molecule has 2 aromatic carbocycles. The van der Waals surface area contributed by atoms with Gasteiger partial charge in [0.25, 0.3) is 11.8 Å². The fourth-order valence-corrected chi connectivity index (χ4v) is 3.79. The van der Waals surface area contributed by atoms with Gasteiger partial charge in [-0.05, 0) is 42.8 Å². The number of aryl methyl sites for hydroxylation is 1. The molecule has 31 heavy (non-hydrogen) atoms. The van der Waals surface area contributed by atoms with E-state index in [-0.39, 0.29) is 6.54 Å². The Kier molecular flexibility index (Phi) is 5.55. The highest BCUT2D eigenvalue weighted by atomic mass is 35.5. The van der Waals surface area contributed by atoms with Gasteiger partial charge in [-0.25, -0.2) is 4.90 Å². The van der Waals surface area contributed by atoms with E-state index >= 15 is 0 Å². The zero-order chi connectivity index (χ0) is 22.3. The van der Waals surface area contributed by atoms with Crippen LogP contribution in [0.15, 0.2) is 46.7 Å². The standard InChI is InChI=1S/C20H17Cl2N5O4/c1-10-3-5-12(8-13(10)22)27-19(29)17-18(20(27)30)26(25-24-17)9-16(28)23-14-7-11(21)4-6-15(14)31-2/h3-8,17-18H,9H2,1-2H3,(H,23,28)/t17-,18-/m1/s1. The molecule has 2 aliphatic heterocycles. The highest BCUT2D eigenvalue weighted by molar-refractivity contribution is 6.32. The number of fused-ring (bicyclic) bond motifs is 1. The fourth-order valence-electron chi connectivity index (χ4n) is 3.44. The minimum atomic E-state index is -1.01. The SMILES string of the molecule is COc1ccc(Cl)cc1NC(=O)CN1N=N[C@H]2C(=O)N(c3ccc(C)c(Cl)c3)C(=O)[C@@H]21. The van der Waals surface area contributed by atoms with E-state index in [1.165, 1.54) is 12.1 Å². The van der Waals surface area contributed by atoms with Gasteiger partial charge in [0.1, 0.15) is 12.3 Å². The Morgan fingerprint density at radius 2 is 1.94 bits per heavy atom. The molecule has 1 saturated heterocycles. The summed E-state index contributed by atoms with van der Waals surface area (Å²) in [6.07, 6.45) is 0. The molecular formula is C20H17Cl2N5O4. The van der Waals surface area contributed by atoms with E-state index in [2.05, 4.69) is 15.7 Å². The van der Waals surface area contributed by atoms with Gasteiger partial charge in [-0.1, -0.05) is 34.5 Å². The summed E-state index contributed by atoms with van der Waals surface area (Å²) < 4.78 is 5.21. The molecule has 0 aliphatic carbocycles. The Balaban J connectivity index is 1.51. The number of nitrogens with zero attached hydrogens (tertiary/aromatic N) is 4. The summed E-state index contributed by atoms with van der Waals surface area (Å²) in [5.41, 5.74) is 1.54. The van der Waals surface area contributed by atoms with Crippen LogP contribution in [0.5, 0.6) is 5.75 Å². The first kappa shape index (κ1) is 21.1. The van der Waals surface area contributed by atoms with Crippen molar-refractivity contribution in [2.75, 3.05) is 23.9 Å². The Labute approximate surface area is 187 Å². The van der Waals surface area contributed by atoms with E-state index in [9.17, 15) is 14.4 Å². The minimum absolute atomic E-state index is 0.290. The number of halogens is 2. The van der Waals surface area contributed by atoms with Crippen LogP contribution in [-0.2, 0) is 14.4 Å². The highest BCUT2D eigenvalue weighted by Crippen LogP contribution is 2.34. The normalized spacial score (nSPS) is 19.7. The molecule has 2 atom stereocenters. The van der Waals surface area contributed by atoms with E-state index in [1.54, 1.807) is 36.4 Å². The molecule has 0 unspecified atom stereocenters. The average Bonchev–Trinajstić information content (AvgIpc) is 3.24. The van der Waals surface area contributed by atoms with Gasteiger partial charge in [0, 0.05) is 10.0 Å². The Bertz CT molecular complexity index is 1120. The van der Waals surface area contributed by atoms with Crippen molar-refractivity contribution in [3.63, 3.8) is 0 Å². The Hall–Kier alpha value is -3.17. The quantitative estimate of drug-likeness (QED) is 0.688. The van der Waals surface area contributed by atoms with Crippen LogP contribution in [0.2, 0.25) is 10.0 Å². The number of methoxy groups -OCH3 is 1. The Morgan fingerprint density at radius 1 is 1.16 bits per heavy atom. The third kappa shape index (κ3) is 3.82. The number of benzene rings is 2. The second-order valence-corrected chi connectivity index (χ2v) is 7.87. The van der Waals surface area contributed by atoms with Crippen LogP contribution in [0.4, 0.5) is 11.4 Å².